The van der Waals surface area contributed by atoms with Gasteiger partial charge in [-0.05, 0) is 25.3 Å². The quantitative estimate of drug-likeness (QED) is 0.817. The van der Waals surface area contributed by atoms with E-state index in [0.717, 1.165) is 5.69 Å². The van der Waals surface area contributed by atoms with Gasteiger partial charge in [-0.1, -0.05) is 6.07 Å². The highest BCUT2D eigenvalue weighted by atomic mass is 32.2. The molecule has 9 heteroatoms. The average molecular weight is 368 g/mol. The van der Waals surface area contributed by atoms with Gasteiger partial charge in [0.05, 0.1) is 11.3 Å². The summed E-state index contributed by atoms with van der Waals surface area (Å²) in [5.74, 6) is -0.0775. The van der Waals surface area contributed by atoms with Gasteiger partial charge >= 0.3 is 0 Å². The molecule has 0 aromatic carbocycles. The predicted octanol–water partition coefficient (Wildman–Crippen LogP) is 1.25. The van der Waals surface area contributed by atoms with Crippen LogP contribution < -0.4 is 0 Å². The van der Waals surface area contributed by atoms with Gasteiger partial charge in [0.1, 0.15) is 4.21 Å². The van der Waals surface area contributed by atoms with Crippen molar-refractivity contribution in [1.29, 1.82) is 0 Å². The van der Waals surface area contributed by atoms with E-state index in [0.29, 0.717) is 41.6 Å². The Balaban J connectivity index is 1.72. The van der Waals surface area contributed by atoms with E-state index in [1.165, 1.54) is 15.6 Å². The zero-order chi connectivity index (χ0) is 17.5. The summed E-state index contributed by atoms with van der Waals surface area (Å²) in [6.45, 7) is 5.07. The number of thiophene rings is 1. The normalized spacial score (nSPS) is 16.5. The second-order valence-electron chi connectivity index (χ2n) is 5.80. The molecule has 1 saturated heterocycles. The number of sulfonamides is 1. The number of aryl methyl sites for hydroxylation is 2. The topological polar surface area (TPSA) is 75.5 Å². The van der Waals surface area contributed by atoms with Crippen molar-refractivity contribution in [1.82, 2.24) is 19.0 Å². The minimum Gasteiger partial charge on any atom is -0.336 e. The second-order valence-corrected chi connectivity index (χ2v) is 8.91. The molecule has 0 bridgehead atoms. The molecule has 0 atom stereocenters. The molecular weight excluding hydrogens is 348 g/mol. The molecule has 0 spiro atoms. The van der Waals surface area contributed by atoms with Gasteiger partial charge < -0.3 is 4.90 Å². The standard InChI is InChI=1S/C15H20N4O3S2/c1-11-14(12(2)17(3)16-11)15(20)18-6-8-19(9-7-18)24(21,22)13-5-4-10-23-13/h4-5,10H,6-9H2,1-3H3. The van der Waals surface area contributed by atoms with E-state index in [4.69, 9.17) is 0 Å². The highest BCUT2D eigenvalue weighted by Crippen LogP contribution is 2.23. The summed E-state index contributed by atoms with van der Waals surface area (Å²) >= 11 is 1.21. The maximum atomic E-state index is 12.7. The molecule has 0 aliphatic carbocycles. The molecule has 24 heavy (non-hydrogen) atoms. The number of carbonyl (C=O) groups is 1. The van der Waals surface area contributed by atoms with Crippen LogP contribution in [-0.2, 0) is 17.1 Å². The molecule has 1 fully saturated rings. The molecule has 7 nitrogen and oxygen atoms in total. The van der Waals surface area contributed by atoms with E-state index >= 15 is 0 Å². The fourth-order valence-electron chi connectivity index (χ4n) is 2.91. The van der Waals surface area contributed by atoms with Gasteiger partial charge in [-0.2, -0.15) is 9.40 Å². The molecule has 0 unspecified atom stereocenters. The van der Waals surface area contributed by atoms with Crippen molar-refractivity contribution in [3.05, 3.63) is 34.5 Å². The molecule has 2 aromatic heterocycles. The van der Waals surface area contributed by atoms with Crippen molar-refractivity contribution in [3.8, 4) is 0 Å². The van der Waals surface area contributed by atoms with Gasteiger partial charge in [-0.25, -0.2) is 8.42 Å². The number of piperazine rings is 1. The van der Waals surface area contributed by atoms with E-state index < -0.39 is 10.0 Å². The Morgan fingerprint density at radius 1 is 1.21 bits per heavy atom. The van der Waals surface area contributed by atoms with Crippen molar-refractivity contribution >= 4 is 27.3 Å². The SMILES string of the molecule is Cc1nn(C)c(C)c1C(=O)N1CCN(S(=O)(=O)c2cccs2)CC1. The minimum absolute atomic E-state index is 0.0775. The van der Waals surface area contributed by atoms with Crippen molar-refractivity contribution in [3.63, 3.8) is 0 Å². The number of hydrogen-bond donors (Lipinski definition) is 0. The first-order valence-corrected chi connectivity index (χ1v) is 9.97. The van der Waals surface area contributed by atoms with E-state index in [2.05, 4.69) is 5.10 Å². The van der Waals surface area contributed by atoms with Crippen LogP contribution in [0.25, 0.3) is 0 Å². The minimum atomic E-state index is -3.45. The number of nitrogens with zero attached hydrogens (tertiary/aromatic N) is 4. The maximum absolute atomic E-state index is 12.7. The van der Waals surface area contributed by atoms with Crippen LogP contribution in [0.5, 0.6) is 0 Å². The summed E-state index contributed by atoms with van der Waals surface area (Å²) < 4.78 is 28.5. The van der Waals surface area contributed by atoms with Crippen LogP contribution in [0.2, 0.25) is 0 Å². The number of aromatic nitrogens is 2. The van der Waals surface area contributed by atoms with E-state index in [9.17, 15) is 13.2 Å². The van der Waals surface area contributed by atoms with Crippen LogP contribution in [0.15, 0.2) is 21.7 Å². The predicted molar refractivity (Wildman–Crippen MR) is 91.7 cm³/mol. The molecule has 1 aliphatic rings. The smallest absolute Gasteiger partial charge is 0.257 e. The van der Waals surface area contributed by atoms with E-state index in [1.807, 2.05) is 20.9 Å². The number of hydrogen-bond acceptors (Lipinski definition) is 5. The molecule has 1 aliphatic heterocycles. The summed E-state index contributed by atoms with van der Waals surface area (Å²) in [7, 11) is -1.64. The van der Waals surface area contributed by atoms with Crippen LogP contribution in [0.3, 0.4) is 0 Å². The Morgan fingerprint density at radius 2 is 1.88 bits per heavy atom. The van der Waals surface area contributed by atoms with Crippen molar-refractivity contribution in [2.75, 3.05) is 26.2 Å². The highest BCUT2D eigenvalue weighted by molar-refractivity contribution is 7.91. The van der Waals surface area contributed by atoms with Crippen LogP contribution in [0.1, 0.15) is 21.7 Å². The molecule has 2 aromatic rings. The molecule has 3 heterocycles. The first kappa shape index (κ1) is 17.1. The van der Waals surface area contributed by atoms with E-state index in [1.54, 1.807) is 27.1 Å². The number of rotatable bonds is 3. The third-order valence-corrected chi connectivity index (χ3v) is 7.61. The molecule has 0 N–H and O–H groups in total. The first-order valence-electron chi connectivity index (χ1n) is 7.65. The van der Waals surface area contributed by atoms with Gasteiger partial charge in [0.25, 0.3) is 15.9 Å². The zero-order valence-electron chi connectivity index (χ0n) is 13.9. The molecule has 1 amide bonds. The van der Waals surface area contributed by atoms with Gasteiger partial charge in [0, 0.05) is 38.9 Å². The zero-order valence-corrected chi connectivity index (χ0v) is 15.5. The van der Waals surface area contributed by atoms with Crippen molar-refractivity contribution in [2.24, 2.45) is 7.05 Å². The fraction of sp³-hybridized carbons (Fsp3) is 0.467. The Morgan fingerprint density at radius 3 is 2.38 bits per heavy atom. The van der Waals surface area contributed by atoms with Gasteiger partial charge in [-0.15, -0.1) is 11.3 Å². The third-order valence-electron chi connectivity index (χ3n) is 4.34. The monoisotopic (exact) mass is 368 g/mol. The van der Waals surface area contributed by atoms with Crippen LogP contribution in [0, 0.1) is 13.8 Å². The Hall–Kier alpha value is -1.71. The lowest BCUT2D eigenvalue weighted by molar-refractivity contribution is 0.0696. The van der Waals surface area contributed by atoms with Crippen LogP contribution >= 0.6 is 11.3 Å². The Bertz CT molecular complexity index is 848. The molecule has 0 radical (unpaired) electrons. The lowest BCUT2D eigenvalue weighted by Crippen LogP contribution is -2.50. The Kier molecular flexibility index (Phi) is 4.50. The maximum Gasteiger partial charge on any atom is 0.257 e. The van der Waals surface area contributed by atoms with Crippen molar-refractivity contribution < 1.29 is 13.2 Å². The number of amides is 1. The Labute approximate surface area is 145 Å². The van der Waals surface area contributed by atoms with Crippen LogP contribution in [0.4, 0.5) is 0 Å². The molecular formula is C15H20N4O3S2. The molecule has 0 saturated carbocycles. The lowest BCUT2D eigenvalue weighted by Gasteiger charge is -2.33. The highest BCUT2D eigenvalue weighted by Gasteiger charge is 2.32. The number of carbonyl (C=O) groups excluding carboxylic acids is 1. The molecule has 130 valence electrons. The summed E-state index contributed by atoms with van der Waals surface area (Å²) in [4.78, 5) is 14.5. The molecule has 3 rings (SSSR count). The average Bonchev–Trinajstić information content (AvgIpc) is 3.17. The summed E-state index contributed by atoms with van der Waals surface area (Å²) in [6, 6.07) is 3.34. The summed E-state index contributed by atoms with van der Waals surface area (Å²) in [5, 5.41) is 6.03. The fourth-order valence-corrected chi connectivity index (χ4v) is 5.48. The van der Waals surface area contributed by atoms with Crippen molar-refractivity contribution in [2.45, 2.75) is 18.1 Å². The van der Waals surface area contributed by atoms with Gasteiger partial charge in [0.2, 0.25) is 0 Å². The summed E-state index contributed by atoms with van der Waals surface area (Å²) in [6.07, 6.45) is 0. The van der Waals surface area contributed by atoms with Gasteiger partial charge in [-0.3, -0.25) is 9.48 Å². The van der Waals surface area contributed by atoms with E-state index in [-0.39, 0.29) is 5.91 Å². The second kappa shape index (κ2) is 6.30. The third kappa shape index (κ3) is 2.87. The largest absolute Gasteiger partial charge is 0.336 e. The lowest BCUT2D eigenvalue weighted by atomic mass is 10.1. The summed E-state index contributed by atoms with van der Waals surface area (Å²) in [5.41, 5.74) is 2.15. The van der Waals surface area contributed by atoms with Gasteiger partial charge in [0.15, 0.2) is 0 Å². The van der Waals surface area contributed by atoms with Crippen LogP contribution in [-0.4, -0.2) is 59.5 Å². The first-order chi connectivity index (χ1) is 11.3.